The van der Waals surface area contributed by atoms with Gasteiger partial charge in [-0.15, -0.1) is 0 Å². The molecule has 6 nitrogen and oxygen atoms in total. The molecular formula is C13H16N6. The van der Waals surface area contributed by atoms with Gasteiger partial charge in [-0.05, 0) is 24.7 Å². The lowest BCUT2D eigenvalue weighted by molar-refractivity contribution is 0.315. The predicted molar refractivity (Wildman–Crippen MR) is 74.3 cm³/mol. The maximum Gasteiger partial charge on any atom is 0.145 e. The van der Waals surface area contributed by atoms with Crippen LogP contribution in [0.25, 0.3) is 11.0 Å². The van der Waals surface area contributed by atoms with Crippen molar-refractivity contribution >= 4 is 16.9 Å². The third-order valence-corrected chi connectivity index (χ3v) is 3.03. The smallest absolute Gasteiger partial charge is 0.145 e. The van der Waals surface area contributed by atoms with E-state index in [9.17, 15) is 0 Å². The maximum absolute atomic E-state index is 5.59. The number of nitrogen functional groups attached to an aromatic ring is 1. The largest absolute Gasteiger partial charge is 0.382 e. The lowest BCUT2D eigenvalue weighted by atomic mass is 10.2. The van der Waals surface area contributed by atoms with E-state index >= 15 is 0 Å². The Kier molecular flexibility index (Phi) is 2.92. The summed E-state index contributed by atoms with van der Waals surface area (Å²) in [5, 5.41) is 6.84. The van der Waals surface area contributed by atoms with Crippen LogP contribution in [0.15, 0.2) is 30.6 Å². The first-order chi connectivity index (χ1) is 9.20. The number of nitrogens with zero attached hydrogens (tertiary/aromatic N) is 3. The first-order valence-electron chi connectivity index (χ1n) is 6.11. The van der Waals surface area contributed by atoms with Crippen molar-refractivity contribution in [3.63, 3.8) is 0 Å². The van der Waals surface area contributed by atoms with E-state index < -0.39 is 0 Å². The molecule has 0 unspecified atom stereocenters. The van der Waals surface area contributed by atoms with Gasteiger partial charge in [0, 0.05) is 19.2 Å². The fraction of sp³-hybridized carbons (Fsp3) is 0.231. The second-order valence-electron chi connectivity index (χ2n) is 4.74. The Balaban J connectivity index is 1.69. The van der Waals surface area contributed by atoms with Crippen molar-refractivity contribution in [2.24, 2.45) is 0 Å². The number of rotatable bonds is 4. The molecule has 6 heteroatoms. The number of nitrogens with one attached hydrogen (secondary N) is 2. The number of nitrogens with two attached hydrogens (primary N) is 1. The summed E-state index contributed by atoms with van der Waals surface area (Å²) in [5.41, 5.74) is 9.90. The fourth-order valence-electron chi connectivity index (χ4n) is 2.20. The summed E-state index contributed by atoms with van der Waals surface area (Å²) < 4.78 is 0. The summed E-state index contributed by atoms with van der Waals surface area (Å²) in [4.78, 5) is 9.54. The topological polar surface area (TPSA) is 86.6 Å². The van der Waals surface area contributed by atoms with Gasteiger partial charge in [-0.3, -0.25) is 10.00 Å². The Morgan fingerprint density at radius 1 is 1.26 bits per heavy atom. The number of hydrogen-bond acceptors (Lipinski definition) is 4. The number of benzene rings is 1. The number of imidazole rings is 1. The van der Waals surface area contributed by atoms with Crippen LogP contribution in [-0.2, 0) is 13.1 Å². The average Bonchev–Trinajstić information content (AvgIpc) is 2.97. The molecule has 1 aromatic carbocycles. The molecule has 98 valence electrons. The van der Waals surface area contributed by atoms with Crippen LogP contribution in [0.1, 0.15) is 11.3 Å². The number of anilines is 1. The number of aromatic nitrogens is 4. The quantitative estimate of drug-likeness (QED) is 0.660. The molecule has 0 saturated carbocycles. The first kappa shape index (κ1) is 11.7. The number of fused-ring (bicyclic) bond motifs is 1. The number of aromatic amines is 2. The normalized spacial score (nSPS) is 11.5. The molecule has 4 N–H and O–H groups in total. The van der Waals surface area contributed by atoms with E-state index in [0.29, 0.717) is 5.82 Å². The van der Waals surface area contributed by atoms with Gasteiger partial charge in [0.15, 0.2) is 0 Å². The second kappa shape index (κ2) is 4.74. The Bertz CT molecular complexity index is 683. The van der Waals surface area contributed by atoms with Gasteiger partial charge in [0.2, 0.25) is 0 Å². The number of hydrogen-bond donors (Lipinski definition) is 3. The highest BCUT2D eigenvalue weighted by molar-refractivity contribution is 5.74. The summed E-state index contributed by atoms with van der Waals surface area (Å²) in [7, 11) is 2.06. The fourth-order valence-corrected chi connectivity index (χ4v) is 2.20. The highest BCUT2D eigenvalue weighted by Crippen LogP contribution is 2.14. The Labute approximate surface area is 110 Å². The molecule has 0 fully saturated rings. The molecule has 0 radical (unpaired) electrons. The van der Waals surface area contributed by atoms with Gasteiger partial charge in [-0.1, -0.05) is 6.07 Å². The summed E-state index contributed by atoms with van der Waals surface area (Å²) in [6, 6.07) is 8.11. The summed E-state index contributed by atoms with van der Waals surface area (Å²) in [5.74, 6) is 0.530. The van der Waals surface area contributed by atoms with Crippen molar-refractivity contribution in [1.82, 2.24) is 25.1 Å². The van der Waals surface area contributed by atoms with E-state index in [-0.39, 0.29) is 0 Å². The van der Waals surface area contributed by atoms with Crippen LogP contribution in [0.2, 0.25) is 0 Å². The van der Waals surface area contributed by atoms with Crippen LogP contribution in [0.4, 0.5) is 5.82 Å². The van der Waals surface area contributed by atoms with Crippen molar-refractivity contribution in [3.8, 4) is 0 Å². The van der Waals surface area contributed by atoms with Crippen molar-refractivity contribution < 1.29 is 0 Å². The van der Waals surface area contributed by atoms with Crippen LogP contribution in [0.3, 0.4) is 0 Å². The van der Waals surface area contributed by atoms with E-state index in [0.717, 1.165) is 29.8 Å². The van der Waals surface area contributed by atoms with Gasteiger partial charge < -0.3 is 10.7 Å². The Morgan fingerprint density at radius 3 is 2.95 bits per heavy atom. The van der Waals surface area contributed by atoms with Crippen LogP contribution in [-0.4, -0.2) is 32.1 Å². The van der Waals surface area contributed by atoms with E-state index in [1.54, 1.807) is 6.33 Å². The Morgan fingerprint density at radius 2 is 2.16 bits per heavy atom. The minimum atomic E-state index is 0.530. The van der Waals surface area contributed by atoms with Crippen molar-refractivity contribution in [2.45, 2.75) is 13.1 Å². The summed E-state index contributed by atoms with van der Waals surface area (Å²) in [6.07, 6.45) is 1.71. The number of H-pyrrole nitrogens is 2. The monoisotopic (exact) mass is 256 g/mol. The van der Waals surface area contributed by atoms with Gasteiger partial charge in [-0.2, -0.15) is 5.10 Å². The lowest BCUT2D eigenvalue weighted by Gasteiger charge is -2.15. The van der Waals surface area contributed by atoms with E-state index in [4.69, 9.17) is 5.73 Å². The highest BCUT2D eigenvalue weighted by atomic mass is 15.2. The zero-order chi connectivity index (χ0) is 13.2. The van der Waals surface area contributed by atoms with Gasteiger partial charge in [0.25, 0.3) is 0 Å². The highest BCUT2D eigenvalue weighted by Gasteiger charge is 2.05. The second-order valence-corrected chi connectivity index (χ2v) is 4.74. The predicted octanol–water partition coefficient (Wildman–Crippen LogP) is 1.50. The van der Waals surface area contributed by atoms with E-state index in [1.165, 1.54) is 5.56 Å². The van der Waals surface area contributed by atoms with Crippen LogP contribution < -0.4 is 5.73 Å². The molecular weight excluding hydrogens is 240 g/mol. The third-order valence-electron chi connectivity index (χ3n) is 3.03. The molecule has 0 bridgehead atoms. The third kappa shape index (κ3) is 2.58. The first-order valence-corrected chi connectivity index (χ1v) is 6.11. The van der Waals surface area contributed by atoms with E-state index in [2.05, 4.69) is 44.2 Å². The SMILES string of the molecule is CN(Cc1ccc2nc[nH]c2c1)Cc1cc(N)n[nH]1. The molecule has 19 heavy (non-hydrogen) atoms. The summed E-state index contributed by atoms with van der Waals surface area (Å²) >= 11 is 0. The van der Waals surface area contributed by atoms with Gasteiger partial charge in [0.05, 0.1) is 23.1 Å². The molecule has 0 atom stereocenters. The van der Waals surface area contributed by atoms with Crippen molar-refractivity contribution in [3.05, 3.63) is 41.9 Å². The minimum absolute atomic E-state index is 0.530. The molecule has 0 aliphatic heterocycles. The molecule has 0 aliphatic rings. The summed E-state index contributed by atoms with van der Waals surface area (Å²) in [6.45, 7) is 1.64. The van der Waals surface area contributed by atoms with E-state index in [1.807, 2.05) is 12.1 Å². The van der Waals surface area contributed by atoms with Gasteiger partial charge in [-0.25, -0.2) is 4.98 Å². The van der Waals surface area contributed by atoms with Crippen LogP contribution >= 0.6 is 0 Å². The minimum Gasteiger partial charge on any atom is -0.382 e. The molecule has 3 rings (SSSR count). The molecule has 3 aromatic rings. The molecule has 0 aliphatic carbocycles. The van der Waals surface area contributed by atoms with Gasteiger partial charge in [0.1, 0.15) is 5.82 Å². The zero-order valence-corrected chi connectivity index (χ0v) is 10.7. The van der Waals surface area contributed by atoms with Crippen LogP contribution in [0.5, 0.6) is 0 Å². The standard InChI is InChI=1S/C13H16N6/c1-19(7-10-5-13(14)18-17-10)6-9-2-3-11-12(4-9)16-8-15-11/h2-5,8H,6-7H2,1H3,(H,15,16)(H3,14,17,18). The van der Waals surface area contributed by atoms with Crippen molar-refractivity contribution in [2.75, 3.05) is 12.8 Å². The molecule has 0 amide bonds. The van der Waals surface area contributed by atoms with Crippen molar-refractivity contribution in [1.29, 1.82) is 0 Å². The molecule has 2 aromatic heterocycles. The Hall–Kier alpha value is -2.34. The molecule has 0 saturated heterocycles. The zero-order valence-electron chi connectivity index (χ0n) is 10.7. The lowest BCUT2D eigenvalue weighted by Crippen LogP contribution is -2.17. The average molecular weight is 256 g/mol. The van der Waals surface area contributed by atoms with Gasteiger partial charge >= 0.3 is 0 Å². The molecule has 0 spiro atoms. The maximum atomic E-state index is 5.59. The van der Waals surface area contributed by atoms with Crippen LogP contribution in [0, 0.1) is 0 Å². The molecule has 2 heterocycles.